The highest BCUT2D eigenvalue weighted by Gasteiger charge is 2.55. The first-order valence-corrected chi connectivity index (χ1v) is 6.61. The Morgan fingerprint density at radius 1 is 1.11 bits per heavy atom. The van der Waals surface area contributed by atoms with E-state index in [1.54, 1.807) is 6.92 Å². The smallest absolute Gasteiger partial charge is 0.311 e. The molecule has 0 saturated carbocycles. The van der Waals surface area contributed by atoms with Gasteiger partial charge in [-0.3, -0.25) is 9.59 Å². The lowest BCUT2D eigenvalue weighted by molar-refractivity contribution is -0.173. The molecular formula is C14H26O4. The first kappa shape index (κ1) is 16.9. The maximum absolute atomic E-state index is 11.7. The fourth-order valence-corrected chi connectivity index (χ4v) is 2.91. The number of carboxylic acids is 2. The molecule has 18 heavy (non-hydrogen) atoms. The molecule has 0 bridgehead atoms. The topological polar surface area (TPSA) is 74.6 Å². The molecule has 106 valence electrons. The predicted octanol–water partition coefficient (Wildman–Crippen LogP) is 3.40. The first-order chi connectivity index (χ1) is 8.15. The summed E-state index contributed by atoms with van der Waals surface area (Å²) < 4.78 is 0. The van der Waals surface area contributed by atoms with E-state index in [0.717, 1.165) is 12.8 Å². The van der Waals surface area contributed by atoms with Gasteiger partial charge in [0.25, 0.3) is 0 Å². The van der Waals surface area contributed by atoms with Gasteiger partial charge < -0.3 is 10.2 Å². The van der Waals surface area contributed by atoms with E-state index in [4.69, 9.17) is 0 Å². The molecule has 0 aliphatic carbocycles. The van der Waals surface area contributed by atoms with Crippen LogP contribution in [0.1, 0.15) is 60.3 Å². The average molecular weight is 258 g/mol. The van der Waals surface area contributed by atoms with Gasteiger partial charge in [0.1, 0.15) is 0 Å². The Morgan fingerprint density at radius 3 is 1.83 bits per heavy atom. The van der Waals surface area contributed by atoms with Crippen LogP contribution in [0.4, 0.5) is 0 Å². The van der Waals surface area contributed by atoms with E-state index in [1.807, 2.05) is 27.7 Å². The normalized spacial score (nSPS) is 16.9. The SMILES string of the molecule is CCCCC(C(=O)O)C(CC)(C(=O)O)C(C)(C)C. The van der Waals surface area contributed by atoms with Gasteiger partial charge in [-0.15, -0.1) is 0 Å². The number of unbranched alkanes of at least 4 members (excludes halogenated alkanes) is 1. The summed E-state index contributed by atoms with van der Waals surface area (Å²) in [6, 6.07) is 0. The van der Waals surface area contributed by atoms with E-state index in [0.29, 0.717) is 12.8 Å². The second-order valence-corrected chi connectivity index (χ2v) is 5.91. The van der Waals surface area contributed by atoms with Crippen molar-refractivity contribution < 1.29 is 19.8 Å². The standard InChI is InChI=1S/C14H26O4/c1-6-8-9-10(11(15)16)14(7-2,12(17)18)13(3,4)5/h10H,6-9H2,1-5H3,(H,15,16)(H,17,18). The maximum atomic E-state index is 11.7. The van der Waals surface area contributed by atoms with Gasteiger partial charge in [-0.1, -0.05) is 47.5 Å². The summed E-state index contributed by atoms with van der Waals surface area (Å²) in [6.45, 7) is 9.18. The Bertz CT molecular complexity index is 303. The molecule has 0 aromatic heterocycles. The van der Waals surface area contributed by atoms with Crippen molar-refractivity contribution in [1.29, 1.82) is 0 Å². The zero-order valence-corrected chi connectivity index (χ0v) is 12.1. The summed E-state index contributed by atoms with van der Waals surface area (Å²) in [7, 11) is 0. The van der Waals surface area contributed by atoms with Crippen LogP contribution in [0.2, 0.25) is 0 Å². The third-order valence-corrected chi connectivity index (χ3v) is 4.02. The van der Waals surface area contributed by atoms with E-state index >= 15 is 0 Å². The molecule has 0 rings (SSSR count). The van der Waals surface area contributed by atoms with Gasteiger partial charge in [0.15, 0.2) is 0 Å². The molecule has 0 heterocycles. The summed E-state index contributed by atoms with van der Waals surface area (Å²) >= 11 is 0. The van der Waals surface area contributed by atoms with Crippen LogP contribution in [0.5, 0.6) is 0 Å². The van der Waals surface area contributed by atoms with Gasteiger partial charge in [-0.05, 0) is 18.3 Å². The van der Waals surface area contributed by atoms with Crippen LogP contribution >= 0.6 is 0 Å². The van der Waals surface area contributed by atoms with Crippen molar-refractivity contribution in [2.24, 2.45) is 16.7 Å². The van der Waals surface area contributed by atoms with Crippen molar-refractivity contribution >= 4 is 11.9 Å². The largest absolute Gasteiger partial charge is 0.481 e. The van der Waals surface area contributed by atoms with Crippen LogP contribution in [0, 0.1) is 16.7 Å². The molecule has 0 aliphatic heterocycles. The highest BCUT2D eigenvalue weighted by atomic mass is 16.4. The molecule has 0 spiro atoms. The molecule has 0 saturated heterocycles. The first-order valence-electron chi connectivity index (χ1n) is 6.61. The average Bonchev–Trinajstić information content (AvgIpc) is 2.21. The molecule has 4 nitrogen and oxygen atoms in total. The number of carbonyl (C=O) groups is 2. The second-order valence-electron chi connectivity index (χ2n) is 5.91. The quantitative estimate of drug-likeness (QED) is 0.734. The molecule has 0 radical (unpaired) electrons. The minimum Gasteiger partial charge on any atom is -0.481 e. The number of rotatable bonds is 7. The van der Waals surface area contributed by atoms with Crippen LogP contribution < -0.4 is 0 Å². The van der Waals surface area contributed by atoms with Crippen molar-refractivity contribution in [1.82, 2.24) is 0 Å². The monoisotopic (exact) mass is 258 g/mol. The van der Waals surface area contributed by atoms with E-state index in [1.165, 1.54) is 0 Å². The zero-order valence-electron chi connectivity index (χ0n) is 12.1. The van der Waals surface area contributed by atoms with Gasteiger partial charge in [-0.2, -0.15) is 0 Å². The highest BCUT2D eigenvalue weighted by molar-refractivity contribution is 5.84. The maximum Gasteiger partial charge on any atom is 0.311 e. The Hall–Kier alpha value is -1.06. The minimum absolute atomic E-state index is 0.326. The molecule has 0 amide bonds. The number of carboxylic acid groups (broad SMARTS) is 2. The Kier molecular flexibility index (Phi) is 5.84. The van der Waals surface area contributed by atoms with E-state index in [-0.39, 0.29) is 0 Å². The summed E-state index contributed by atoms with van der Waals surface area (Å²) in [6.07, 6.45) is 2.35. The molecule has 2 N–H and O–H groups in total. The van der Waals surface area contributed by atoms with Gasteiger partial charge in [0.2, 0.25) is 0 Å². The Balaban J connectivity index is 5.64. The summed E-state index contributed by atoms with van der Waals surface area (Å²) in [5.41, 5.74) is -1.81. The number of hydrogen-bond donors (Lipinski definition) is 2. The van der Waals surface area contributed by atoms with Crippen LogP contribution in [0.25, 0.3) is 0 Å². The Morgan fingerprint density at radius 2 is 1.61 bits per heavy atom. The second kappa shape index (κ2) is 6.21. The summed E-state index contributed by atoms with van der Waals surface area (Å²) in [5.74, 6) is -2.83. The van der Waals surface area contributed by atoms with Crippen LogP contribution in [0.15, 0.2) is 0 Å². The van der Waals surface area contributed by atoms with Crippen molar-refractivity contribution in [3.05, 3.63) is 0 Å². The van der Waals surface area contributed by atoms with E-state index in [9.17, 15) is 19.8 Å². The van der Waals surface area contributed by atoms with Gasteiger partial charge in [0, 0.05) is 0 Å². The van der Waals surface area contributed by atoms with Crippen LogP contribution in [0.3, 0.4) is 0 Å². The van der Waals surface area contributed by atoms with E-state index < -0.39 is 28.7 Å². The fourth-order valence-electron chi connectivity index (χ4n) is 2.91. The lowest BCUT2D eigenvalue weighted by atomic mass is 9.57. The fraction of sp³-hybridized carbons (Fsp3) is 0.857. The van der Waals surface area contributed by atoms with Crippen molar-refractivity contribution in [3.8, 4) is 0 Å². The van der Waals surface area contributed by atoms with Crippen molar-refractivity contribution in [2.75, 3.05) is 0 Å². The molecular weight excluding hydrogens is 232 g/mol. The van der Waals surface area contributed by atoms with Gasteiger partial charge in [-0.25, -0.2) is 0 Å². The van der Waals surface area contributed by atoms with Gasteiger partial charge in [0.05, 0.1) is 11.3 Å². The van der Waals surface area contributed by atoms with Crippen LogP contribution in [-0.4, -0.2) is 22.2 Å². The molecule has 4 heteroatoms. The van der Waals surface area contributed by atoms with E-state index in [2.05, 4.69) is 0 Å². The van der Waals surface area contributed by atoms with Crippen molar-refractivity contribution in [3.63, 3.8) is 0 Å². The molecule has 0 aromatic carbocycles. The lowest BCUT2D eigenvalue weighted by Crippen LogP contribution is -2.51. The third kappa shape index (κ3) is 3.03. The Labute approximate surface area is 109 Å². The number of hydrogen-bond acceptors (Lipinski definition) is 2. The third-order valence-electron chi connectivity index (χ3n) is 4.02. The number of aliphatic carboxylic acids is 2. The zero-order chi connectivity index (χ0) is 14.6. The summed E-state index contributed by atoms with van der Waals surface area (Å²) in [5, 5.41) is 19.0. The summed E-state index contributed by atoms with van der Waals surface area (Å²) in [4.78, 5) is 23.2. The molecule has 0 aromatic rings. The van der Waals surface area contributed by atoms with Crippen molar-refractivity contribution in [2.45, 2.75) is 60.3 Å². The predicted molar refractivity (Wildman–Crippen MR) is 70.5 cm³/mol. The molecule has 0 aliphatic rings. The molecule has 2 atom stereocenters. The van der Waals surface area contributed by atoms with Gasteiger partial charge >= 0.3 is 11.9 Å². The van der Waals surface area contributed by atoms with Crippen LogP contribution in [-0.2, 0) is 9.59 Å². The lowest BCUT2D eigenvalue weighted by Gasteiger charge is -2.44. The highest BCUT2D eigenvalue weighted by Crippen LogP contribution is 2.49. The molecule has 2 unspecified atom stereocenters. The molecule has 0 fully saturated rings. The minimum atomic E-state index is -1.21.